The molecule has 8 nitrogen and oxygen atoms in total. The summed E-state index contributed by atoms with van der Waals surface area (Å²) in [7, 11) is -3.11. The van der Waals surface area contributed by atoms with Crippen LogP contribution in [0.5, 0.6) is 0 Å². The van der Waals surface area contributed by atoms with Crippen LogP contribution in [0.1, 0.15) is 43.1 Å². The van der Waals surface area contributed by atoms with E-state index >= 15 is 0 Å². The number of carbonyl (C=O) groups excluding carboxylic acids is 1. The summed E-state index contributed by atoms with van der Waals surface area (Å²) in [6.07, 6.45) is 5.59. The summed E-state index contributed by atoms with van der Waals surface area (Å²) < 4.78 is 27.0. The molecule has 4 rings (SSSR count). The maximum Gasteiger partial charge on any atom is 0.270 e. The molecule has 0 unspecified atom stereocenters. The van der Waals surface area contributed by atoms with Gasteiger partial charge in [-0.2, -0.15) is 0 Å². The second-order valence-electron chi connectivity index (χ2n) is 7.94. The first-order valence-electron chi connectivity index (χ1n) is 10.3. The number of fused-ring (bicyclic) bond motifs is 2. The first-order valence-corrected chi connectivity index (χ1v) is 12.3. The molecule has 1 aliphatic heterocycles. The number of carbonyl (C=O) groups is 1. The van der Waals surface area contributed by atoms with E-state index in [0.717, 1.165) is 12.8 Å². The van der Waals surface area contributed by atoms with Gasteiger partial charge in [0.05, 0.1) is 10.6 Å². The van der Waals surface area contributed by atoms with Gasteiger partial charge in [0.25, 0.3) is 11.5 Å². The number of aromatic nitrogens is 3. The lowest BCUT2D eigenvalue weighted by atomic mass is 10.1. The molecule has 30 heavy (non-hydrogen) atoms. The summed E-state index contributed by atoms with van der Waals surface area (Å²) in [5.41, 5.74) is 1.31. The van der Waals surface area contributed by atoms with Crippen molar-refractivity contribution in [1.29, 1.82) is 0 Å². The van der Waals surface area contributed by atoms with Crippen LogP contribution in [0.25, 0.3) is 16.7 Å². The number of nitrogens with zero attached hydrogens (tertiary/aromatic N) is 4. The van der Waals surface area contributed by atoms with Gasteiger partial charge in [-0.1, -0.05) is 19.4 Å². The van der Waals surface area contributed by atoms with Gasteiger partial charge in [-0.25, -0.2) is 13.4 Å². The van der Waals surface area contributed by atoms with E-state index in [1.807, 2.05) is 10.6 Å². The number of aryl methyl sites for hydroxylation is 1. The third kappa shape index (κ3) is 3.62. The molecule has 9 heteroatoms. The summed E-state index contributed by atoms with van der Waals surface area (Å²) in [6, 6.07) is 7.01. The number of rotatable bonds is 5. The second-order valence-corrected chi connectivity index (χ2v) is 10.3. The fourth-order valence-corrected chi connectivity index (χ4v) is 5.19. The molecule has 3 aromatic heterocycles. The largest absolute Gasteiger partial charge is 0.337 e. The third-order valence-electron chi connectivity index (χ3n) is 5.87. The van der Waals surface area contributed by atoms with Gasteiger partial charge in [-0.05, 0) is 37.5 Å². The number of hydrogen-bond donors (Lipinski definition) is 0. The second kappa shape index (κ2) is 7.86. The molecular formula is C21H26N4O4S. The summed E-state index contributed by atoms with van der Waals surface area (Å²) in [5.74, 6) is -0.176. The van der Waals surface area contributed by atoms with Crippen LogP contribution < -0.4 is 5.56 Å². The number of likely N-dealkylation sites (tertiary alicyclic amines) is 1. The molecule has 1 aliphatic rings. The number of hydrogen-bond acceptors (Lipinski definition) is 5. The number of pyridine rings is 1. The predicted molar refractivity (Wildman–Crippen MR) is 116 cm³/mol. The number of piperidine rings is 1. The first kappa shape index (κ1) is 20.6. The van der Waals surface area contributed by atoms with Gasteiger partial charge in [0.15, 0.2) is 0 Å². The molecule has 0 spiro atoms. The number of amides is 1. The molecule has 3 aromatic rings. The summed E-state index contributed by atoms with van der Waals surface area (Å²) in [4.78, 5) is 32.7. The lowest BCUT2D eigenvalue weighted by molar-refractivity contribution is 0.0715. The zero-order valence-electron chi connectivity index (χ0n) is 17.2. The molecule has 4 heterocycles. The van der Waals surface area contributed by atoms with E-state index in [-0.39, 0.29) is 11.5 Å². The molecule has 160 valence electrons. The topological polar surface area (TPSA) is 93.8 Å². The Bertz CT molecular complexity index is 1270. The van der Waals surface area contributed by atoms with Crippen molar-refractivity contribution in [1.82, 2.24) is 18.9 Å². The standard InChI is InChI=1S/C21H26N4O4S/c1-3-4-10-24-17(21(27)23-12-8-15(9-13-23)30(2,28)29)14-16-19(24)22-18-7-5-6-11-25(18)20(16)26/h5-7,11,14-15H,3-4,8-10,12-13H2,1-2H3. The van der Waals surface area contributed by atoms with Crippen LogP contribution in [0.3, 0.4) is 0 Å². The lowest BCUT2D eigenvalue weighted by Gasteiger charge is -2.31. The molecular weight excluding hydrogens is 404 g/mol. The van der Waals surface area contributed by atoms with Crippen molar-refractivity contribution >= 4 is 32.4 Å². The van der Waals surface area contributed by atoms with Crippen LogP contribution in [0.4, 0.5) is 0 Å². The Morgan fingerprint density at radius 2 is 1.97 bits per heavy atom. The Morgan fingerprint density at radius 3 is 2.63 bits per heavy atom. The molecule has 0 bridgehead atoms. The highest BCUT2D eigenvalue weighted by Crippen LogP contribution is 2.23. The van der Waals surface area contributed by atoms with Gasteiger partial charge in [-0.15, -0.1) is 0 Å². The van der Waals surface area contributed by atoms with Gasteiger partial charge in [0, 0.05) is 32.1 Å². The quantitative estimate of drug-likeness (QED) is 0.618. The van der Waals surface area contributed by atoms with Crippen molar-refractivity contribution < 1.29 is 13.2 Å². The van der Waals surface area contributed by atoms with E-state index in [0.29, 0.717) is 54.9 Å². The van der Waals surface area contributed by atoms with Crippen molar-refractivity contribution in [3.63, 3.8) is 0 Å². The van der Waals surface area contributed by atoms with E-state index in [2.05, 4.69) is 11.9 Å². The van der Waals surface area contributed by atoms with Crippen molar-refractivity contribution in [3.8, 4) is 0 Å². The minimum absolute atomic E-state index is 0.176. The van der Waals surface area contributed by atoms with Gasteiger partial charge >= 0.3 is 0 Å². The summed E-state index contributed by atoms with van der Waals surface area (Å²) in [6.45, 7) is 3.44. The van der Waals surface area contributed by atoms with Crippen molar-refractivity contribution in [3.05, 3.63) is 46.5 Å². The van der Waals surface area contributed by atoms with Gasteiger partial charge in [0.2, 0.25) is 0 Å². The SMILES string of the molecule is CCCCn1c(C(=O)N2CCC(S(C)(=O)=O)CC2)cc2c(=O)n3ccccc3nc21. The Hall–Kier alpha value is -2.68. The zero-order chi connectivity index (χ0) is 21.5. The lowest BCUT2D eigenvalue weighted by Crippen LogP contribution is -2.42. The normalized spacial score (nSPS) is 15.9. The molecule has 0 N–H and O–H groups in total. The Morgan fingerprint density at radius 1 is 1.23 bits per heavy atom. The van der Waals surface area contributed by atoms with Crippen LogP contribution in [0.15, 0.2) is 35.3 Å². The molecule has 1 fully saturated rings. The highest BCUT2D eigenvalue weighted by molar-refractivity contribution is 7.91. The number of sulfone groups is 1. The van der Waals surface area contributed by atoms with Crippen LogP contribution in [-0.4, -0.2) is 57.8 Å². The van der Waals surface area contributed by atoms with Crippen molar-refractivity contribution in [2.45, 2.75) is 44.4 Å². The van der Waals surface area contributed by atoms with E-state index in [1.165, 1.54) is 10.7 Å². The molecule has 0 aliphatic carbocycles. The highest BCUT2D eigenvalue weighted by atomic mass is 32.2. The van der Waals surface area contributed by atoms with E-state index < -0.39 is 15.1 Å². The van der Waals surface area contributed by atoms with Crippen LogP contribution >= 0.6 is 0 Å². The van der Waals surface area contributed by atoms with Gasteiger partial charge in [-0.3, -0.25) is 14.0 Å². The summed E-state index contributed by atoms with van der Waals surface area (Å²) >= 11 is 0. The smallest absolute Gasteiger partial charge is 0.270 e. The van der Waals surface area contributed by atoms with Crippen LogP contribution in [0, 0.1) is 0 Å². The fourth-order valence-electron chi connectivity index (χ4n) is 4.12. The zero-order valence-corrected chi connectivity index (χ0v) is 18.1. The Balaban J connectivity index is 1.76. The molecule has 0 saturated carbocycles. The van der Waals surface area contributed by atoms with E-state index in [9.17, 15) is 18.0 Å². The Labute approximate surface area is 175 Å². The molecule has 0 aromatic carbocycles. The predicted octanol–water partition coefficient (Wildman–Crippen LogP) is 2.10. The van der Waals surface area contributed by atoms with Crippen LogP contribution in [-0.2, 0) is 16.4 Å². The number of unbranched alkanes of at least 4 members (excludes halogenated alkanes) is 1. The highest BCUT2D eigenvalue weighted by Gasteiger charge is 2.31. The Kier molecular flexibility index (Phi) is 5.40. The van der Waals surface area contributed by atoms with Crippen molar-refractivity contribution in [2.24, 2.45) is 0 Å². The average Bonchev–Trinajstić information content (AvgIpc) is 3.10. The third-order valence-corrected chi connectivity index (χ3v) is 7.55. The van der Waals surface area contributed by atoms with Crippen LogP contribution in [0.2, 0.25) is 0 Å². The monoisotopic (exact) mass is 430 g/mol. The molecule has 0 atom stereocenters. The van der Waals surface area contributed by atoms with Gasteiger partial charge < -0.3 is 9.47 Å². The van der Waals surface area contributed by atoms with E-state index in [4.69, 9.17) is 0 Å². The van der Waals surface area contributed by atoms with E-state index in [1.54, 1.807) is 29.3 Å². The minimum atomic E-state index is -3.11. The first-order chi connectivity index (χ1) is 14.3. The maximum atomic E-state index is 13.3. The average molecular weight is 431 g/mol. The molecule has 0 radical (unpaired) electrons. The van der Waals surface area contributed by atoms with Gasteiger partial charge in [0.1, 0.15) is 26.8 Å². The van der Waals surface area contributed by atoms with Crippen molar-refractivity contribution in [2.75, 3.05) is 19.3 Å². The molecule has 1 saturated heterocycles. The maximum absolute atomic E-state index is 13.3. The molecule has 1 amide bonds. The summed E-state index contributed by atoms with van der Waals surface area (Å²) in [5, 5.41) is 0.0216. The fraction of sp³-hybridized carbons (Fsp3) is 0.476. The minimum Gasteiger partial charge on any atom is -0.337 e.